The zero-order chi connectivity index (χ0) is 18.4. The lowest BCUT2D eigenvalue weighted by Crippen LogP contribution is -2.39. The molecule has 1 amide bonds. The first kappa shape index (κ1) is 18.9. The van der Waals surface area contributed by atoms with Crippen molar-refractivity contribution in [2.75, 3.05) is 31.1 Å². The van der Waals surface area contributed by atoms with Crippen LogP contribution in [-0.4, -0.2) is 48.3 Å². The Labute approximate surface area is 149 Å². The molecular weight excluding hydrogens is 314 g/mol. The first-order valence-corrected chi connectivity index (χ1v) is 8.77. The van der Waals surface area contributed by atoms with Crippen molar-refractivity contribution in [1.82, 2.24) is 9.88 Å². The van der Waals surface area contributed by atoms with Gasteiger partial charge < -0.3 is 14.8 Å². The second-order valence-corrected chi connectivity index (χ2v) is 6.10. The predicted octanol–water partition coefficient (Wildman–Crippen LogP) is 3.43. The molecule has 25 heavy (non-hydrogen) atoms. The third-order valence-corrected chi connectivity index (χ3v) is 4.66. The molecule has 0 aliphatic rings. The van der Waals surface area contributed by atoms with Gasteiger partial charge in [0.05, 0.1) is 11.3 Å². The molecule has 0 aliphatic carbocycles. The molecule has 0 radical (unpaired) electrons. The molecule has 1 aromatic carbocycles. The van der Waals surface area contributed by atoms with Crippen LogP contribution in [0.3, 0.4) is 0 Å². The lowest BCUT2D eigenvalue weighted by atomic mass is 10.1. The van der Waals surface area contributed by atoms with Gasteiger partial charge in [0.15, 0.2) is 6.29 Å². The number of carbonyl (C=O) groups is 2. The number of para-hydroxylation sites is 1. The van der Waals surface area contributed by atoms with E-state index < -0.39 is 0 Å². The minimum atomic E-state index is -0.0716. The van der Waals surface area contributed by atoms with Crippen molar-refractivity contribution in [2.45, 2.75) is 27.7 Å². The Morgan fingerprint density at radius 3 is 2.24 bits per heavy atom. The lowest BCUT2D eigenvalue weighted by Gasteiger charge is -2.27. The van der Waals surface area contributed by atoms with Crippen LogP contribution in [0.5, 0.6) is 0 Å². The maximum Gasteiger partial charge on any atom is 0.260 e. The number of nitrogens with one attached hydrogen (secondary N) is 1. The van der Waals surface area contributed by atoms with Gasteiger partial charge in [0.2, 0.25) is 0 Å². The summed E-state index contributed by atoms with van der Waals surface area (Å²) < 4.78 is 0. The third kappa shape index (κ3) is 4.17. The predicted molar refractivity (Wildman–Crippen MR) is 102 cm³/mol. The second kappa shape index (κ2) is 8.62. The SMILES string of the molecule is CCN(CC)CCN(C(=O)c1c(C)[nH]c(C=O)c1C)c1ccccc1. The van der Waals surface area contributed by atoms with Gasteiger partial charge in [0.25, 0.3) is 5.91 Å². The van der Waals surface area contributed by atoms with Crippen molar-refractivity contribution in [1.29, 1.82) is 0 Å². The Balaban J connectivity index is 2.36. The highest BCUT2D eigenvalue weighted by atomic mass is 16.2. The average Bonchev–Trinajstić information content (AvgIpc) is 2.92. The average molecular weight is 341 g/mol. The highest BCUT2D eigenvalue weighted by Crippen LogP contribution is 2.22. The zero-order valence-corrected chi connectivity index (χ0v) is 15.5. The van der Waals surface area contributed by atoms with Crippen LogP contribution < -0.4 is 4.90 Å². The summed E-state index contributed by atoms with van der Waals surface area (Å²) in [5.74, 6) is -0.0716. The number of likely N-dealkylation sites (N-methyl/N-ethyl adjacent to an activating group) is 1. The van der Waals surface area contributed by atoms with Crippen molar-refractivity contribution >= 4 is 17.9 Å². The largest absolute Gasteiger partial charge is 0.356 e. The maximum absolute atomic E-state index is 13.3. The van der Waals surface area contributed by atoms with Gasteiger partial charge in [0, 0.05) is 24.5 Å². The first-order valence-electron chi connectivity index (χ1n) is 8.77. The van der Waals surface area contributed by atoms with Gasteiger partial charge in [-0.15, -0.1) is 0 Å². The quantitative estimate of drug-likeness (QED) is 0.748. The van der Waals surface area contributed by atoms with E-state index in [1.54, 1.807) is 4.90 Å². The number of anilines is 1. The Kier molecular flexibility index (Phi) is 6.53. The van der Waals surface area contributed by atoms with Crippen molar-refractivity contribution in [2.24, 2.45) is 0 Å². The van der Waals surface area contributed by atoms with Crippen LogP contribution in [-0.2, 0) is 0 Å². The molecule has 1 N–H and O–H groups in total. The molecule has 5 heteroatoms. The normalized spacial score (nSPS) is 10.9. The number of H-pyrrole nitrogens is 1. The molecule has 0 aliphatic heterocycles. The van der Waals surface area contributed by atoms with Gasteiger partial charge >= 0.3 is 0 Å². The number of hydrogen-bond donors (Lipinski definition) is 1. The monoisotopic (exact) mass is 341 g/mol. The molecule has 0 atom stereocenters. The van der Waals surface area contributed by atoms with Crippen LogP contribution in [0.2, 0.25) is 0 Å². The van der Waals surface area contributed by atoms with E-state index in [1.165, 1.54) is 0 Å². The summed E-state index contributed by atoms with van der Waals surface area (Å²) in [5, 5.41) is 0. The Morgan fingerprint density at radius 2 is 1.72 bits per heavy atom. The fourth-order valence-corrected chi connectivity index (χ4v) is 3.08. The number of rotatable bonds is 8. The van der Waals surface area contributed by atoms with E-state index in [9.17, 15) is 9.59 Å². The summed E-state index contributed by atoms with van der Waals surface area (Å²) in [6, 6.07) is 9.69. The third-order valence-electron chi connectivity index (χ3n) is 4.66. The molecular formula is C20H27N3O2. The number of aromatic nitrogens is 1. The molecule has 0 saturated heterocycles. The molecule has 2 aromatic rings. The summed E-state index contributed by atoms with van der Waals surface area (Å²) in [6.07, 6.45) is 0.766. The van der Waals surface area contributed by atoms with Gasteiger partial charge in [-0.3, -0.25) is 9.59 Å². The van der Waals surface area contributed by atoms with Crippen LogP contribution in [0.25, 0.3) is 0 Å². The minimum Gasteiger partial charge on any atom is -0.356 e. The number of aryl methyl sites for hydroxylation is 1. The highest BCUT2D eigenvalue weighted by molar-refractivity contribution is 6.09. The first-order chi connectivity index (χ1) is 12.0. The van der Waals surface area contributed by atoms with E-state index in [2.05, 4.69) is 23.7 Å². The summed E-state index contributed by atoms with van der Waals surface area (Å²) in [7, 11) is 0. The van der Waals surface area contributed by atoms with Crippen LogP contribution in [0.15, 0.2) is 30.3 Å². The highest BCUT2D eigenvalue weighted by Gasteiger charge is 2.24. The summed E-state index contributed by atoms with van der Waals surface area (Å²) in [4.78, 5) is 31.6. The number of nitrogens with zero attached hydrogens (tertiary/aromatic N) is 2. The van der Waals surface area contributed by atoms with E-state index in [4.69, 9.17) is 0 Å². The van der Waals surface area contributed by atoms with Gasteiger partial charge in [-0.2, -0.15) is 0 Å². The zero-order valence-electron chi connectivity index (χ0n) is 15.5. The maximum atomic E-state index is 13.3. The van der Waals surface area contributed by atoms with E-state index in [-0.39, 0.29) is 5.91 Å². The second-order valence-electron chi connectivity index (χ2n) is 6.10. The topological polar surface area (TPSA) is 56.4 Å². The molecule has 1 heterocycles. The van der Waals surface area contributed by atoms with E-state index in [1.807, 2.05) is 44.2 Å². The van der Waals surface area contributed by atoms with Crippen molar-refractivity contribution in [3.63, 3.8) is 0 Å². The van der Waals surface area contributed by atoms with E-state index in [0.717, 1.165) is 37.3 Å². The van der Waals surface area contributed by atoms with Crippen molar-refractivity contribution < 1.29 is 9.59 Å². The van der Waals surface area contributed by atoms with Crippen LogP contribution in [0.4, 0.5) is 5.69 Å². The molecule has 0 bridgehead atoms. The number of aldehydes is 1. The van der Waals surface area contributed by atoms with Crippen molar-refractivity contribution in [3.05, 3.63) is 52.8 Å². The van der Waals surface area contributed by atoms with Gasteiger partial charge in [-0.05, 0) is 44.6 Å². The molecule has 1 aromatic heterocycles. The smallest absolute Gasteiger partial charge is 0.260 e. The Hall–Kier alpha value is -2.40. The number of aromatic amines is 1. The van der Waals surface area contributed by atoms with Crippen LogP contribution >= 0.6 is 0 Å². The van der Waals surface area contributed by atoms with Gasteiger partial charge in [-0.1, -0.05) is 32.0 Å². The molecule has 0 fully saturated rings. The molecule has 5 nitrogen and oxygen atoms in total. The Morgan fingerprint density at radius 1 is 1.08 bits per heavy atom. The lowest BCUT2D eigenvalue weighted by molar-refractivity contribution is 0.0982. The number of amides is 1. The van der Waals surface area contributed by atoms with Gasteiger partial charge in [0.1, 0.15) is 0 Å². The van der Waals surface area contributed by atoms with Crippen LogP contribution in [0, 0.1) is 13.8 Å². The molecule has 134 valence electrons. The Bertz CT molecular complexity index is 718. The standard InChI is InChI=1S/C20H27N3O2/c1-5-22(6-2)12-13-23(17-10-8-7-9-11-17)20(25)19-15(3)18(14-24)21-16(19)4/h7-11,14,21H,5-6,12-13H2,1-4H3. The number of hydrogen-bond acceptors (Lipinski definition) is 3. The summed E-state index contributed by atoms with van der Waals surface area (Å²) in [5.41, 5.74) is 3.37. The minimum absolute atomic E-state index is 0.0716. The van der Waals surface area contributed by atoms with Crippen LogP contribution in [0.1, 0.15) is 46.0 Å². The van der Waals surface area contributed by atoms with E-state index >= 15 is 0 Å². The molecule has 0 saturated carbocycles. The molecule has 2 rings (SSSR count). The van der Waals surface area contributed by atoms with E-state index in [0.29, 0.717) is 23.4 Å². The number of benzene rings is 1. The molecule has 0 unspecified atom stereocenters. The fourth-order valence-electron chi connectivity index (χ4n) is 3.08. The van der Waals surface area contributed by atoms with Crippen molar-refractivity contribution in [3.8, 4) is 0 Å². The number of carbonyl (C=O) groups excluding carboxylic acids is 2. The summed E-state index contributed by atoms with van der Waals surface area (Å²) in [6.45, 7) is 11.2. The fraction of sp³-hybridized carbons (Fsp3) is 0.400. The van der Waals surface area contributed by atoms with Gasteiger partial charge in [-0.25, -0.2) is 0 Å². The summed E-state index contributed by atoms with van der Waals surface area (Å²) >= 11 is 0. The molecule has 0 spiro atoms.